The van der Waals surface area contributed by atoms with Gasteiger partial charge in [0.15, 0.2) is 0 Å². The van der Waals surface area contributed by atoms with Crippen LogP contribution in [0.4, 0.5) is 0 Å². The fourth-order valence-electron chi connectivity index (χ4n) is 4.06. The average Bonchev–Trinajstić information content (AvgIpc) is 3.03. The molecular weight excluding hydrogens is 298 g/mol. The first-order chi connectivity index (χ1) is 11.6. The molecule has 0 aliphatic carbocycles. The highest BCUT2D eigenvalue weighted by Crippen LogP contribution is 2.41. The van der Waals surface area contributed by atoms with E-state index in [1.165, 1.54) is 38.9 Å². The lowest BCUT2D eigenvalue weighted by Gasteiger charge is -2.48. The second-order valence-corrected chi connectivity index (χ2v) is 7.33. The van der Waals surface area contributed by atoms with Gasteiger partial charge in [0, 0.05) is 28.1 Å². The van der Waals surface area contributed by atoms with Gasteiger partial charge in [-0.1, -0.05) is 6.58 Å². The Morgan fingerprint density at radius 2 is 2.04 bits per heavy atom. The van der Waals surface area contributed by atoms with E-state index in [1.807, 2.05) is 25.3 Å². The van der Waals surface area contributed by atoms with Crippen molar-refractivity contribution in [3.8, 4) is 6.07 Å². The summed E-state index contributed by atoms with van der Waals surface area (Å²) in [7, 11) is 0. The number of rotatable bonds is 4. The number of aromatic nitrogens is 1. The molecule has 0 atom stereocenters. The van der Waals surface area contributed by atoms with Gasteiger partial charge in [-0.3, -0.25) is 0 Å². The maximum atomic E-state index is 9.17. The molecule has 3 saturated heterocycles. The minimum atomic E-state index is 0.341. The number of aromatic amines is 1. The van der Waals surface area contributed by atoms with Crippen molar-refractivity contribution in [3.05, 3.63) is 41.6 Å². The summed E-state index contributed by atoms with van der Waals surface area (Å²) in [6, 6.07) is 6.18. The van der Waals surface area contributed by atoms with Crippen LogP contribution in [0.15, 0.2) is 24.9 Å². The molecule has 2 bridgehead atoms. The van der Waals surface area contributed by atoms with Crippen LogP contribution in [-0.4, -0.2) is 36.1 Å². The van der Waals surface area contributed by atoms with Crippen LogP contribution in [0.2, 0.25) is 0 Å². The van der Waals surface area contributed by atoms with E-state index >= 15 is 0 Å². The summed E-state index contributed by atoms with van der Waals surface area (Å²) in [6.07, 6.45) is 5.64. The molecular formula is C20H23N3O. The molecule has 4 heterocycles. The highest BCUT2D eigenvalue weighted by atomic mass is 16.5. The van der Waals surface area contributed by atoms with Crippen molar-refractivity contribution in [2.75, 3.05) is 26.2 Å². The van der Waals surface area contributed by atoms with E-state index in [2.05, 4.69) is 22.5 Å². The molecule has 4 heteroatoms. The van der Waals surface area contributed by atoms with E-state index in [9.17, 15) is 5.26 Å². The summed E-state index contributed by atoms with van der Waals surface area (Å²) in [4.78, 5) is 5.79. The molecule has 3 fully saturated rings. The number of aryl methyl sites for hydroxylation is 1. The molecule has 1 N–H and O–H groups in total. The lowest BCUT2D eigenvalue weighted by molar-refractivity contribution is -0.0148. The van der Waals surface area contributed by atoms with E-state index < -0.39 is 0 Å². The maximum Gasteiger partial charge on any atom is 0.121 e. The Balaban J connectivity index is 1.53. The summed E-state index contributed by atoms with van der Waals surface area (Å²) in [5.74, 6) is 0.729. The predicted molar refractivity (Wildman–Crippen MR) is 95.5 cm³/mol. The molecule has 24 heavy (non-hydrogen) atoms. The number of hydrogen-bond donors (Lipinski definition) is 1. The highest BCUT2D eigenvalue weighted by molar-refractivity contribution is 5.92. The quantitative estimate of drug-likeness (QED) is 0.871. The maximum absolute atomic E-state index is 9.17. The first-order valence-electron chi connectivity index (χ1n) is 8.66. The molecule has 2 aromatic rings. The van der Waals surface area contributed by atoms with Gasteiger partial charge in [-0.15, -0.1) is 0 Å². The fourth-order valence-corrected chi connectivity index (χ4v) is 4.06. The second kappa shape index (κ2) is 5.68. The molecule has 3 aliphatic rings. The Labute approximate surface area is 142 Å². The number of nitrogens with zero attached hydrogens (tertiary/aromatic N) is 2. The van der Waals surface area contributed by atoms with Crippen molar-refractivity contribution in [1.29, 1.82) is 5.26 Å². The molecule has 0 spiro atoms. The normalized spacial score (nSPS) is 25.6. The number of piperidine rings is 3. The Hall–Kier alpha value is -2.25. The Morgan fingerprint density at radius 1 is 1.33 bits per heavy atom. The van der Waals surface area contributed by atoms with E-state index in [4.69, 9.17) is 4.74 Å². The van der Waals surface area contributed by atoms with Crippen LogP contribution in [0, 0.1) is 23.7 Å². The van der Waals surface area contributed by atoms with Crippen LogP contribution >= 0.6 is 0 Å². The molecule has 0 radical (unpaired) electrons. The summed E-state index contributed by atoms with van der Waals surface area (Å²) in [6.45, 7) is 10.5. The Bertz CT molecular complexity index is 821. The van der Waals surface area contributed by atoms with Gasteiger partial charge in [0.05, 0.1) is 18.2 Å². The smallest absolute Gasteiger partial charge is 0.121 e. The number of nitriles is 1. The second-order valence-electron chi connectivity index (χ2n) is 7.33. The van der Waals surface area contributed by atoms with E-state index in [0.717, 1.165) is 34.4 Å². The summed E-state index contributed by atoms with van der Waals surface area (Å²) in [5, 5.41) is 10.2. The first kappa shape index (κ1) is 15.3. The third kappa shape index (κ3) is 2.50. The lowest BCUT2D eigenvalue weighted by atomic mass is 9.73. The van der Waals surface area contributed by atoms with Gasteiger partial charge in [0.1, 0.15) is 5.76 Å². The molecule has 0 saturated carbocycles. The number of ether oxygens (including phenoxy) is 1. The molecule has 3 aliphatic heterocycles. The van der Waals surface area contributed by atoms with Gasteiger partial charge in [-0.05, 0) is 63.5 Å². The van der Waals surface area contributed by atoms with Crippen molar-refractivity contribution in [2.24, 2.45) is 5.41 Å². The van der Waals surface area contributed by atoms with Crippen LogP contribution in [0.25, 0.3) is 16.7 Å². The zero-order valence-corrected chi connectivity index (χ0v) is 14.2. The van der Waals surface area contributed by atoms with Crippen molar-refractivity contribution >= 4 is 16.7 Å². The topological polar surface area (TPSA) is 52.0 Å². The van der Waals surface area contributed by atoms with Gasteiger partial charge < -0.3 is 14.6 Å². The molecule has 4 nitrogen and oxygen atoms in total. The average molecular weight is 321 g/mol. The fraction of sp³-hybridized carbons (Fsp3) is 0.450. The Morgan fingerprint density at radius 3 is 2.71 bits per heavy atom. The largest absolute Gasteiger partial charge is 0.493 e. The number of H-pyrrole nitrogens is 1. The monoisotopic (exact) mass is 321 g/mol. The van der Waals surface area contributed by atoms with Gasteiger partial charge in [0.25, 0.3) is 0 Å². The number of hydrogen-bond acceptors (Lipinski definition) is 3. The molecule has 124 valence electrons. The highest BCUT2D eigenvalue weighted by Gasteiger charge is 2.40. The lowest BCUT2D eigenvalue weighted by Crippen LogP contribution is -2.50. The van der Waals surface area contributed by atoms with Crippen molar-refractivity contribution in [3.63, 3.8) is 0 Å². The Kier molecular flexibility index (Phi) is 3.62. The minimum Gasteiger partial charge on any atom is -0.493 e. The van der Waals surface area contributed by atoms with Gasteiger partial charge >= 0.3 is 0 Å². The van der Waals surface area contributed by atoms with Crippen LogP contribution < -0.4 is 0 Å². The third-order valence-corrected chi connectivity index (χ3v) is 5.88. The zero-order valence-electron chi connectivity index (χ0n) is 14.2. The zero-order chi connectivity index (χ0) is 16.7. The number of fused-ring (bicyclic) bond motifs is 4. The number of nitrogens with one attached hydrogen (secondary N) is 1. The minimum absolute atomic E-state index is 0.341. The molecule has 0 amide bonds. The standard InChI is InChI=1S/C20H23N3O/c1-14-9-17-18(12-22-19(17)10-16(14)11-21)15(2)24-13-20-3-6-23(7-4-20)8-5-20/h9-10,12,22H,2-8,13H2,1H3. The summed E-state index contributed by atoms with van der Waals surface area (Å²) >= 11 is 0. The van der Waals surface area contributed by atoms with Crippen LogP contribution in [0.5, 0.6) is 0 Å². The van der Waals surface area contributed by atoms with Crippen molar-refractivity contribution in [2.45, 2.75) is 26.2 Å². The van der Waals surface area contributed by atoms with Gasteiger partial charge in [-0.25, -0.2) is 0 Å². The molecule has 5 rings (SSSR count). The molecule has 1 aromatic heterocycles. The van der Waals surface area contributed by atoms with Crippen LogP contribution in [-0.2, 0) is 4.74 Å². The first-order valence-corrected chi connectivity index (χ1v) is 8.66. The van der Waals surface area contributed by atoms with E-state index in [1.54, 1.807) is 0 Å². The number of benzene rings is 1. The molecule has 0 unspecified atom stereocenters. The van der Waals surface area contributed by atoms with Crippen LogP contribution in [0.1, 0.15) is 36.0 Å². The molecule has 1 aromatic carbocycles. The SMILES string of the molecule is C=C(OCC12CCN(CC1)CC2)c1c[nH]c2cc(C#N)c(C)cc12. The van der Waals surface area contributed by atoms with E-state index in [0.29, 0.717) is 11.0 Å². The van der Waals surface area contributed by atoms with E-state index in [-0.39, 0.29) is 0 Å². The van der Waals surface area contributed by atoms with Gasteiger partial charge in [0.2, 0.25) is 0 Å². The van der Waals surface area contributed by atoms with Crippen molar-refractivity contribution < 1.29 is 4.74 Å². The third-order valence-electron chi connectivity index (χ3n) is 5.88. The van der Waals surface area contributed by atoms with Gasteiger partial charge in [-0.2, -0.15) is 5.26 Å². The summed E-state index contributed by atoms with van der Waals surface area (Å²) < 4.78 is 6.15. The summed E-state index contributed by atoms with van der Waals surface area (Å²) in [5.41, 5.74) is 3.99. The van der Waals surface area contributed by atoms with Crippen LogP contribution in [0.3, 0.4) is 0 Å². The predicted octanol–water partition coefficient (Wildman–Crippen LogP) is 3.82. The van der Waals surface area contributed by atoms with Crippen molar-refractivity contribution in [1.82, 2.24) is 9.88 Å².